The number of anilines is 1. The van der Waals surface area contributed by atoms with Crippen molar-refractivity contribution in [3.63, 3.8) is 0 Å². The molecule has 0 radical (unpaired) electrons. The Morgan fingerprint density at radius 1 is 0.912 bits per heavy atom. The predicted octanol–water partition coefficient (Wildman–Crippen LogP) is 4.24. The van der Waals surface area contributed by atoms with Crippen LogP contribution in [0.25, 0.3) is 17.1 Å². The molecule has 0 aliphatic rings. The molecule has 34 heavy (non-hydrogen) atoms. The van der Waals surface area contributed by atoms with Crippen LogP contribution in [0.4, 0.5) is 14.7 Å². The van der Waals surface area contributed by atoms with Crippen LogP contribution in [-0.2, 0) is 10.0 Å². The molecule has 0 saturated carbocycles. The van der Waals surface area contributed by atoms with Gasteiger partial charge in [0, 0.05) is 23.9 Å². The SMILES string of the molecule is Cc1cnc(C(C)C(C)S(=O)(=O)Nc2nnc(-c3ccccc3)n2-c2c(F)cccc2F)nc1. The van der Waals surface area contributed by atoms with E-state index in [1.54, 1.807) is 49.6 Å². The fourth-order valence-electron chi connectivity index (χ4n) is 3.38. The van der Waals surface area contributed by atoms with Gasteiger partial charge in [0.05, 0.1) is 5.25 Å². The summed E-state index contributed by atoms with van der Waals surface area (Å²) in [7, 11) is -4.09. The molecule has 0 spiro atoms. The highest BCUT2D eigenvalue weighted by molar-refractivity contribution is 7.93. The number of nitrogens with one attached hydrogen (secondary N) is 1. The summed E-state index contributed by atoms with van der Waals surface area (Å²) in [5.74, 6) is -2.28. The Balaban J connectivity index is 1.77. The number of halogens is 2. The lowest BCUT2D eigenvalue weighted by Crippen LogP contribution is -2.31. The monoisotopic (exact) mass is 484 g/mol. The topological polar surface area (TPSA) is 103 Å². The van der Waals surface area contributed by atoms with Gasteiger partial charge in [-0.1, -0.05) is 43.3 Å². The fraction of sp³-hybridized carbons (Fsp3) is 0.217. The van der Waals surface area contributed by atoms with Gasteiger partial charge in [0.25, 0.3) is 0 Å². The van der Waals surface area contributed by atoms with Gasteiger partial charge in [-0.2, -0.15) is 0 Å². The van der Waals surface area contributed by atoms with Crippen molar-refractivity contribution in [3.05, 3.63) is 83.9 Å². The highest BCUT2D eigenvalue weighted by atomic mass is 32.2. The highest BCUT2D eigenvalue weighted by Gasteiger charge is 2.32. The van der Waals surface area contributed by atoms with Crippen LogP contribution in [0, 0.1) is 18.6 Å². The third-order valence-corrected chi connectivity index (χ3v) is 7.35. The summed E-state index contributed by atoms with van der Waals surface area (Å²) in [6, 6.07) is 11.9. The lowest BCUT2D eigenvalue weighted by molar-refractivity contribution is 0.564. The molecule has 11 heteroatoms. The molecule has 0 amide bonds. The Morgan fingerprint density at radius 3 is 2.15 bits per heavy atom. The highest BCUT2D eigenvalue weighted by Crippen LogP contribution is 2.30. The van der Waals surface area contributed by atoms with E-state index in [1.807, 2.05) is 6.92 Å². The van der Waals surface area contributed by atoms with E-state index < -0.39 is 38.5 Å². The third kappa shape index (κ3) is 4.51. The van der Waals surface area contributed by atoms with Crippen molar-refractivity contribution in [2.75, 3.05) is 4.72 Å². The molecule has 4 rings (SSSR count). The maximum absolute atomic E-state index is 14.8. The Morgan fingerprint density at radius 2 is 1.53 bits per heavy atom. The van der Waals surface area contributed by atoms with Crippen LogP contribution in [0.5, 0.6) is 0 Å². The van der Waals surface area contributed by atoms with Crippen LogP contribution in [0.15, 0.2) is 60.9 Å². The van der Waals surface area contributed by atoms with Gasteiger partial charge in [-0.25, -0.2) is 27.2 Å². The first kappa shape index (κ1) is 23.4. The minimum Gasteiger partial charge on any atom is -0.255 e. The van der Waals surface area contributed by atoms with Gasteiger partial charge in [0.2, 0.25) is 16.0 Å². The second kappa shape index (κ2) is 9.26. The molecule has 2 aromatic heterocycles. The summed E-state index contributed by atoms with van der Waals surface area (Å²) < 4.78 is 59.4. The van der Waals surface area contributed by atoms with E-state index in [4.69, 9.17) is 0 Å². The summed E-state index contributed by atoms with van der Waals surface area (Å²) in [4.78, 5) is 8.43. The van der Waals surface area contributed by atoms with Gasteiger partial charge in [0.15, 0.2) is 5.82 Å². The average Bonchev–Trinajstić information content (AvgIpc) is 3.21. The van der Waals surface area contributed by atoms with Crippen LogP contribution >= 0.6 is 0 Å². The lowest BCUT2D eigenvalue weighted by Gasteiger charge is -2.20. The van der Waals surface area contributed by atoms with Crippen LogP contribution in [0.2, 0.25) is 0 Å². The molecule has 0 saturated heterocycles. The van der Waals surface area contributed by atoms with E-state index in [2.05, 4.69) is 24.9 Å². The van der Waals surface area contributed by atoms with Gasteiger partial charge in [-0.05, 0) is 31.5 Å². The molecule has 2 aromatic carbocycles. The van der Waals surface area contributed by atoms with E-state index in [0.29, 0.717) is 11.4 Å². The van der Waals surface area contributed by atoms with Gasteiger partial charge < -0.3 is 0 Å². The number of sulfonamides is 1. The molecule has 0 aliphatic heterocycles. The summed E-state index contributed by atoms with van der Waals surface area (Å²) in [6.07, 6.45) is 3.21. The van der Waals surface area contributed by atoms with Crippen LogP contribution in [0.1, 0.15) is 31.2 Å². The van der Waals surface area contributed by atoms with E-state index in [0.717, 1.165) is 22.3 Å². The van der Waals surface area contributed by atoms with E-state index in [9.17, 15) is 17.2 Å². The molecule has 2 unspecified atom stereocenters. The summed E-state index contributed by atoms with van der Waals surface area (Å²) in [6.45, 7) is 5.01. The maximum atomic E-state index is 14.8. The van der Waals surface area contributed by atoms with E-state index in [-0.39, 0.29) is 11.8 Å². The second-order valence-corrected chi connectivity index (χ2v) is 9.92. The van der Waals surface area contributed by atoms with Gasteiger partial charge in [-0.15, -0.1) is 10.2 Å². The number of aromatic nitrogens is 5. The van der Waals surface area contributed by atoms with Crippen molar-refractivity contribution >= 4 is 16.0 Å². The van der Waals surface area contributed by atoms with Crippen molar-refractivity contribution < 1.29 is 17.2 Å². The summed E-state index contributed by atoms with van der Waals surface area (Å²) in [5, 5.41) is 6.96. The molecule has 0 bridgehead atoms. The Bertz CT molecular complexity index is 1390. The molecule has 1 N–H and O–H groups in total. The predicted molar refractivity (Wildman–Crippen MR) is 124 cm³/mol. The van der Waals surface area contributed by atoms with Crippen molar-refractivity contribution in [2.45, 2.75) is 31.9 Å². The van der Waals surface area contributed by atoms with Crippen LogP contribution < -0.4 is 4.72 Å². The van der Waals surface area contributed by atoms with Crippen LogP contribution in [-0.4, -0.2) is 38.4 Å². The van der Waals surface area contributed by atoms with Crippen molar-refractivity contribution in [1.82, 2.24) is 24.7 Å². The smallest absolute Gasteiger partial charge is 0.243 e. The molecule has 2 heterocycles. The number of aryl methyl sites for hydroxylation is 1. The van der Waals surface area contributed by atoms with Crippen molar-refractivity contribution in [3.8, 4) is 17.1 Å². The third-order valence-electron chi connectivity index (χ3n) is 5.49. The van der Waals surface area contributed by atoms with Crippen molar-refractivity contribution in [1.29, 1.82) is 0 Å². The Hall–Kier alpha value is -3.73. The zero-order chi connectivity index (χ0) is 24.5. The average molecular weight is 485 g/mol. The molecule has 2 atom stereocenters. The number of nitrogens with zero attached hydrogens (tertiary/aromatic N) is 5. The van der Waals surface area contributed by atoms with E-state index in [1.165, 1.54) is 13.0 Å². The lowest BCUT2D eigenvalue weighted by atomic mass is 10.1. The fourth-order valence-corrected chi connectivity index (χ4v) is 4.61. The molecule has 176 valence electrons. The standard InChI is InChI=1S/C23H22F2N6O2S/c1-14-12-26-21(27-13-14)15(2)16(3)34(32,33)30-23-29-28-22(17-8-5-4-6-9-17)31(23)20-18(24)10-7-11-19(20)25/h4-13,15-16H,1-3H3,(H,29,30). The Kier molecular flexibility index (Phi) is 6.38. The quantitative estimate of drug-likeness (QED) is 0.421. The first-order chi connectivity index (χ1) is 16.2. The first-order valence-electron chi connectivity index (χ1n) is 10.4. The van der Waals surface area contributed by atoms with Gasteiger partial charge >= 0.3 is 0 Å². The number of rotatable bonds is 7. The number of hydrogen-bond acceptors (Lipinski definition) is 6. The van der Waals surface area contributed by atoms with Gasteiger partial charge in [-0.3, -0.25) is 9.29 Å². The molecule has 4 aromatic rings. The zero-order valence-corrected chi connectivity index (χ0v) is 19.5. The zero-order valence-electron chi connectivity index (χ0n) is 18.6. The molecule has 8 nitrogen and oxygen atoms in total. The first-order valence-corrected chi connectivity index (χ1v) is 12.0. The largest absolute Gasteiger partial charge is 0.255 e. The minimum atomic E-state index is -4.09. The Labute approximate surface area is 195 Å². The van der Waals surface area contributed by atoms with E-state index >= 15 is 0 Å². The number of hydrogen-bond donors (Lipinski definition) is 1. The maximum Gasteiger partial charge on any atom is 0.243 e. The molecular weight excluding hydrogens is 462 g/mol. The normalized spacial score (nSPS) is 13.4. The molecule has 0 fully saturated rings. The second-order valence-electron chi connectivity index (χ2n) is 7.88. The minimum absolute atomic E-state index is 0.0740. The molecular formula is C23H22F2N6O2S. The number of benzene rings is 2. The van der Waals surface area contributed by atoms with Gasteiger partial charge in [0.1, 0.15) is 23.1 Å². The number of para-hydroxylation sites is 1. The van der Waals surface area contributed by atoms with Crippen LogP contribution in [0.3, 0.4) is 0 Å². The summed E-state index contributed by atoms with van der Waals surface area (Å²) >= 11 is 0. The summed E-state index contributed by atoms with van der Waals surface area (Å²) in [5.41, 5.74) is 0.849. The molecule has 0 aliphatic carbocycles. The van der Waals surface area contributed by atoms with Crippen molar-refractivity contribution in [2.24, 2.45) is 0 Å².